The molecule has 0 heterocycles. The summed E-state index contributed by atoms with van der Waals surface area (Å²) in [6, 6.07) is 5.56. The minimum absolute atomic E-state index is 0.0533. The van der Waals surface area contributed by atoms with Crippen LogP contribution in [0.5, 0.6) is 0 Å². The topological polar surface area (TPSA) is 131 Å². The van der Waals surface area contributed by atoms with E-state index in [0.29, 0.717) is 12.0 Å². The second kappa shape index (κ2) is 15.5. The molecule has 218 valence electrons. The summed E-state index contributed by atoms with van der Waals surface area (Å²) >= 11 is 0. The van der Waals surface area contributed by atoms with Crippen LogP contribution in [-0.4, -0.2) is 52.9 Å². The maximum atomic E-state index is 14.1. The number of carbonyl (C=O) groups excluding carboxylic acids is 4. The van der Waals surface area contributed by atoms with E-state index in [9.17, 15) is 19.2 Å². The third kappa shape index (κ3) is 10.9. The van der Waals surface area contributed by atoms with Crippen molar-refractivity contribution in [3.05, 3.63) is 35.4 Å². The van der Waals surface area contributed by atoms with Crippen LogP contribution in [-0.2, 0) is 25.5 Å². The first-order valence-electron chi connectivity index (χ1n) is 14.4. The van der Waals surface area contributed by atoms with Gasteiger partial charge in [0.2, 0.25) is 17.7 Å². The number of nitrogens with one attached hydrogen (secondary N) is 2. The Morgan fingerprint density at radius 2 is 1.67 bits per heavy atom. The zero-order valence-electron chi connectivity index (χ0n) is 24.4. The van der Waals surface area contributed by atoms with Crippen LogP contribution < -0.4 is 16.4 Å². The fourth-order valence-corrected chi connectivity index (χ4v) is 4.89. The number of rotatable bonds is 13. The van der Waals surface area contributed by atoms with Gasteiger partial charge >= 0.3 is 6.09 Å². The molecule has 1 aromatic carbocycles. The van der Waals surface area contributed by atoms with Crippen LogP contribution in [0.1, 0.15) is 110 Å². The molecular weight excluding hydrogens is 496 g/mol. The lowest BCUT2D eigenvalue weighted by molar-refractivity contribution is -0.143. The molecule has 0 aliphatic heterocycles. The van der Waals surface area contributed by atoms with Crippen molar-refractivity contribution in [2.75, 3.05) is 6.54 Å². The highest BCUT2D eigenvalue weighted by Crippen LogP contribution is 2.26. The van der Waals surface area contributed by atoms with Crippen LogP contribution in [0.2, 0.25) is 0 Å². The number of nitrogens with zero attached hydrogens (tertiary/aromatic N) is 1. The Balaban J connectivity index is 2.47. The number of carbonyl (C=O) groups is 4. The smallest absolute Gasteiger partial charge is 0.408 e. The first-order valence-corrected chi connectivity index (χ1v) is 14.4. The van der Waals surface area contributed by atoms with Gasteiger partial charge < -0.3 is 26.0 Å². The summed E-state index contributed by atoms with van der Waals surface area (Å²) in [5, 5.41) is 5.72. The van der Waals surface area contributed by atoms with Gasteiger partial charge in [-0.25, -0.2) is 4.79 Å². The molecule has 39 heavy (non-hydrogen) atoms. The minimum Gasteiger partial charge on any atom is -0.444 e. The Hall–Kier alpha value is -3.10. The Bertz CT molecular complexity index is 951. The number of hydrogen-bond donors (Lipinski definition) is 3. The molecule has 0 spiro atoms. The van der Waals surface area contributed by atoms with Gasteiger partial charge in [0, 0.05) is 12.6 Å². The van der Waals surface area contributed by atoms with Crippen molar-refractivity contribution in [3.8, 4) is 0 Å². The van der Waals surface area contributed by atoms with Crippen molar-refractivity contribution in [3.63, 3.8) is 0 Å². The maximum Gasteiger partial charge on any atom is 0.408 e. The SMILES string of the molecule is CCCCCN(C(=O)C(CC(N)=O)NC(=O)OC(C)(C)C)C(C(=O)NC1CCCCC1)c1ccc(CC)cc1. The molecule has 0 saturated heterocycles. The van der Waals surface area contributed by atoms with Crippen molar-refractivity contribution in [1.82, 2.24) is 15.5 Å². The quantitative estimate of drug-likeness (QED) is 0.314. The van der Waals surface area contributed by atoms with E-state index in [1.165, 1.54) is 4.90 Å². The zero-order chi connectivity index (χ0) is 29.0. The number of alkyl carbamates (subject to hydrolysis) is 1. The second-order valence-electron chi connectivity index (χ2n) is 11.4. The molecule has 1 aliphatic rings. The summed E-state index contributed by atoms with van der Waals surface area (Å²) in [5.41, 5.74) is 6.48. The largest absolute Gasteiger partial charge is 0.444 e. The van der Waals surface area contributed by atoms with E-state index in [0.717, 1.165) is 56.9 Å². The number of hydrogen-bond acceptors (Lipinski definition) is 5. The molecule has 4 N–H and O–H groups in total. The lowest BCUT2D eigenvalue weighted by atomic mass is 9.94. The third-order valence-corrected chi connectivity index (χ3v) is 6.90. The van der Waals surface area contributed by atoms with Crippen LogP contribution in [0.25, 0.3) is 0 Å². The van der Waals surface area contributed by atoms with Crippen LogP contribution in [0.15, 0.2) is 24.3 Å². The van der Waals surface area contributed by atoms with Crippen molar-refractivity contribution >= 4 is 23.8 Å². The molecule has 0 aromatic heterocycles. The van der Waals surface area contributed by atoms with Gasteiger partial charge in [0.25, 0.3) is 0 Å². The Labute approximate surface area is 233 Å². The Morgan fingerprint density at radius 1 is 1.03 bits per heavy atom. The second-order valence-corrected chi connectivity index (χ2v) is 11.4. The van der Waals surface area contributed by atoms with Crippen LogP contribution in [0.4, 0.5) is 4.79 Å². The van der Waals surface area contributed by atoms with Gasteiger partial charge in [0.05, 0.1) is 6.42 Å². The third-order valence-electron chi connectivity index (χ3n) is 6.90. The molecular formula is C30H48N4O5. The lowest BCUT2D eigenvalue weighted by Crippen LogP contribution is -2.55. The van der Waals surface area contributed by atoms with Gasteiger partial charge in [-0.1, -0.05) is 70.2 Å². The average Bonchev–Trinajstić information content (AvgIpc) is 2.87. The van der Waals surface area contributed by atoms with Crippen molar-refractivity contribution in [2.24, 2.45) is 5.73 Å². The highest BCUT2D eigenvalue weighted by Gasteiger charge is 2.37. The molecule has 9 heteroatoms. The normalized spacial score (nSPS) is 15.6. The number of aryl methyl sites for hydroxylation is 1. The van der Waals surface area contributed by atoms with Gasteiger partial charge in [0.15, 0.2) is 0 Å². The monoisotopic (exact) mass is 544 g/mol. The number of primary amides is 1. The fourth-order valence-electron chi connectivity index (χ4n) is 4.89. The summed E-state index contributed by atoms with van der Waals surface area (Å²) in [6.45, 7) is 9.53. The number of ether oxygens (including phenoxy) is 1. The number of benzene rings is 1. The molecule has 1 fully saturated rings. The van der Waals surface area contributed by atoms with Crippen molar-refractivity contribution < 1.29 is 23.9 Å². The standard InChI is InChI=1S/C30H48N4O5/c1-6-8-12-19-34(28(37)24(20-25(31)35)33-29(38)39-30(3,4)5)26(22-17-15-21(7-2)16-18-22)27(36)32-23-13-10-9-11-14-23/h15-18,23-24,26H,6-14,19-20H2,1-5H3,(H2,31,35)(H,32,36)(H,33,38). The number of amides is 4. The molecule has 1 saturated carbocycles. The first kappa shape index (κ1) is 32.1. The van der Waals surface area contributed by atoms with Crippen molar-refractivity contribution in [2.45, 2.75) is 123 Å². The van der Waals surface area contributed by atoms with E-state index < -0.39 is 42.0 Å². The van der Waals surface area contributed by atoms with Gasteiger partial charge in [-0.3, -0.25) is 14.4 Å². The van der Waals surface area contributed by atoms with Crippen molar-refractivity contribution in [1.29, 1.82) is 0 Å². The number of nitrogens with two attached hydrogens (primary N) is 1. The van der Waals surface area contributed by atoms with Gasteiger partial charge in [-0.2, -0.15) is 0 Å². The predicted octanol–water partition coefficient (Wildman–Crippen LogP) is 4.53. The van der Waals surface area contributed by atoms with E-state index in [1.54, 1.807) is 20.8 Å². The summed E-state index contributed by atoms with van der Waals surface area (Å²) in [6.07, 6.45) is 7.13. The molecule has 4 amide bonds. The maximum absolute atomic E-state index is 14.1. The molecule has 1 aromatic rings. The van der Waals surface area contributed by atoms with E-state index >= 15 is 0 Å². The van der Waals surface area contributed by atoms with E-state index in [4.69, 9.17) is 10.5 Å². The molecule has 0 bridgehead atoms. The Kier molecular flexibility index (Phi) is 12.7. The Morgan fingerprint density at radius 3 is 2.21 bits per heavy atom. The van der Waals surface area contributed by atoms with E-state index in [-0.39, 0.29) is 18.5 Å². The molecule has 2 unspecified atom stereocenters. The van der Waals surface area contributed by atoms with Crippen LogP contribution in [0, 0.1) is 0 Å². The lowest BCUT2D eigenvalue weighted by Gasteiger charge is -2.35. The summed E-state index contributed by atoms with van der Waals surface area (Å²) < 4.78 is 5.34. The predicted molar refractivity (Wildman–Crippen MR) is 152 cm³/mol. The highest BCUT2D eigenvalue weighted by atomic mass is 16.6. The summed E-state index contributed by atoms with van der Waals surface area (Å²) in [4.78, 5) is 54.0. The van der Waals surface area contributed by atoms with Gasteiger partial charge in [-0.05, 0) is 57.6 Å². The van der Waals surface area contributed by atoms with Crippen LogP contribution in [0.3, 0.4) is 0 Å². The summed E-state index contributed by atoms with van der Waals surface area (Å²) in [7, 11) is 0. The first-order chi connectivity index (χ1) is 18.4. The highest BCUT2D eigenvalue weighted by molar-refractivity contribution is 5.94. The number of unbranched alkanes of at least 4 members (excludes halogenated alkanes) is 2. The van der Waals surface area contributed by atoms with E-state index in [1.807, 2.05) is 24.3 Å². The molecule has 2 atom stereocenters. The molecule has 9 nitrogen and oxygen atoms in total. The zero-order valence-corrected chi connectivity index (χ0v) is 24.4. The minimum atomic E-state index is -1.26. The van der Waals surface area contributed by atoms with Gasteiger partial charge in [-0.15, -0.1) is 0 Å². The summed E-state index contributed by atoms with van der Waals surface area (Å²) in [5.74, 6) is -1.54. The van der Waals surface area contributed by atoms with Crippen LogP contribution >= 0.6 is 0 Å². The molecule has 1 aliphatic carbocycles. The fraction of sp³-hybridized carbons (Fsp3) is 0.667. The molecule has 2 rings (SSSR count). The average molecular weight is 545 g/mol. The molecule has 0 radical (unpaired) electrons. The van der Waals surface area contributed by atoms with E-state index in [2.05, 4.69) is 24.5 Å². The van der Waals surface area contributed by atoms with Gasteiger partial charge in [0.1, 0.15) is 17.7 Å².